The fraction of sp³-hybridized carbons (Fsp3) is 0.429. The minimum atomic E-state index is -2.44. The highest BCUT2D eigenvalue weighted by molar-refractivity contribution is 5.53. The van der Waals surface area contributed by atoms with Gasteiger partial charge in [-0.15, -0.1) is 5.10 Å². The molecule has 0 amide bonds. The summed E-state index contributed by atoms with van der Waals surface area (Å²) >= 11 is 0. The topological polar surface area (TPSA) is 88.1 Å². The summed E-state index contributed by atoms with van der Waals surface area (Å²) in [6.45, 7) is 1.67. The summed E-state index contributed by atoms with van der Waals surface area (Å²) in [5, 5.41) is 12.2. The van der Waals surface area contributed by atoms with Gasteiger partial charge in [-0.05, 0) is 37.0 Å². The highest BCUT2D eigenvalue weighted by Gasteiger charge is 2.24. The van der Waals surface area contributed by atoms with Gasteiger partial charge in [-0.1, -0.05) is 11.5 Å². The molecule has 5 heterocycles. The maximum atomic E-state index is 12.3. The van der Waals surface area contributed by atoms with Crippen molar-refractivity contribution in [3.63, 3.8) is 0 Å². The number of fused-ring (bicyclic) bond motifs is 2. The molecule has 8 nitrogen and oxygen atoms in total. The van der Waals surface area contributed by atoms with E-state index in [4.69, 9.17) is 4.42 Å². The third kappa shape index (κ3) is 4.14. The van der Waals surface area contributed by atoms with E-state index in [1.165, 1.54) is 36.0 Å². The van der Waals surface area contributed by atoms with Gasteiger partial charge in [0.05, 0.1) is 29.8 Å². The summed E-state index contributed by atoms with van der Waals surface area (Å²) < 4.78 is 31.9. The molecule has 0 aromatic carbocycles. The Labute approximate surface area is 177 Å². The largest absolute Gasteiger partial charge is 0.408 e. The molecule has 2 aliphatic rings. The van der Waals surface area contributed by atoms with Crippen LogP contribution in [0.4, 0.5) is 14.8 Å². The minimum absolute atomic E-state index is 0.0231. The van der Waals surface area contributed by atoms with Crippen molar-refractivity contribution in [2.24, 2.45) is 5.92 Å². The summed E-state index contributed by atoms with van der Waals surface area (Å²) in [5.74, 6) is 1.55. The number of hydrogen-bond donors (Lipinski definition) is 1. The van der Waals surface area contributed by atoms with Crippen LogP contribution in [-0.4, -0.2) is 36.3 Å². The fourth-order valence-corrected chi connectivity index (χ4v) is 3.93. The lowest BCUT2D eigenvalue weighted by Crippen LogP contribution is -2.30. The zero-order valence-electron chi connectivity index (χ0n) is 16.9. The second kappa shape index (κ2) is 8.44. The Kier molecular flexibility index (Phi) is 5.35. The molecule has 1 aliphatic carbocycles. The second-order valence-corrected chi connectivity index (χ2v) is 7.90. The van der Waals surface area contributed by atoms with E-state index in [9.17, 15) is 8.78 Å². The molecule has 0 saturated heterocycles. The van der Waals surface area contributed by atoms with E-state index in [2.05, 4.69) is 30.2 Å². The van der Waals surface area contributed by atoms with Crippen LogP contribution < -0.4 is 4.90 Å². The zero-order valence-corrected chi connectivity index (χ0v) is 16.9. The van der Waals surface area contributed by atoms with Gasteiger partial charge in [-0.3, -0.25) is 0 Å². The Hall–Kier alpha value is -3.30. The number of rotatable bonds is 4. The first-order valence-electron chi connectivity index (χ1n) is 10.5. The van der Waals surface area contributed by atoms with Crippen LogP contribution in [0.3, 0.4) is 0 Å². The minimum Gasteiger partial charge on any atom is -0.408 e. The van der Waals surface area contributed by atoms with E-state index in [1.807, 2.05) is 0 Å². The molecule has 0 spiro atoms. The zero-order chi connectivity index (χ0) is 21.2. The third-order valence-electron chi connectivity index (χ3n) is 5.89. The summed E-state index contributed by atoms with van der Waals surface area (Å²) in [5.41, 5.74) is 2.80. The van der Waals surface area contributed by atoms with Crippen LogP contribution in [0.25, 0.3) is 5.52 Å². The van der Waals surface area contributed by atoms with Gasteiger partial charge in [0.15, 0.2) is 0 Å². The molecule has 162 valence electrons. The van der Waals surface area contributed by atoms with Crippen molar-refractivity contribution >= 4 is 11.5 Å². The number of nitrogens with one attached hydrogen (secondary N) is 1. The van der Waals surface area contributed by atoms with Crippen LogP contribution in [0.2, 0.25) is 0 Å². The molecule has 0 radical (unpaired) electrons. The number of hydrogen-bond acceptors (Lipinski definition) is 6. The highest BCUT2D eigenvalue weighted by Crippen LogP contribution is 2.30. The second-order valence-electron chi connectivity index (χ2n) is 7.90. The summed E-state index contributed by atoms with van der Waals surface area (Å²) in [6.07, 6.45) is 8.28. The number of aromatic nitrogens is 6. The Balaban J connectivity index is 0.000000147. The van der Waals surface area contributed by atoms with Crippen molar-refractivity contribution in [3.05, 3.63) is 59.8 Å². The number of anilines is 1. The van der Waals surface area contributed by atoms with Gasteiger partial charge in [0, 0.05) is 37.3 Å². The van der Waals surface area contributed by atoms with Crippen LogP contribution in [0.1, 0.15) is 48.5 Å². The molecule has 10 heteroatoms. The fourth-order valence-electron chi connectivity index (χ4n) is 3.93. The molecule has 6 rings (SSSR count). The summed E-state index contributed by atoms with van der Waals surface area (Å²) in [4.78, 5) is 9.59. The maximum Gasteiger partial charge on any atom is 0.318 e. The highest BCUT2D eigenvalue weighted by atomic mass is 19.3. The smallest absolute Gasteiger partial charge is 0.318 e. The van der Waals surface area contributed by atoms with Crippen molar-refractivity contribution in [3.8, 4) is 0 Å². The third-order valence-corrected chi connectivity index (χ3v) is 5.89. The lowest BCUT2D eigenvalue weighted by molar-refractivity contribution is 0.152. The van der Waals surface area contributed by atoms with E-state index >= 15 is 0 Å². The molecule has 4 aromatic heterocycles. The molecule has 1 fully saturated rings. The van der Waals surface area contributed by atoms with E-state index in [-0.39, 0.29) is 5.56 Å². The molecule has 1 saturated carbocycles. The van der Waals surface area contributed by atoms with Gasteiger partial charge < -0.3 is 14.3 Å². The number of H-pyrrole nitrogens is 1. The number of imidazole rings is 1. The number of pyridine rings is 1. The van der Waals surface area contributed by atoms with Gasteiger partial charge in [0.2, 0.25) is 5.89 Å². The molecule has 31 heavy (non-hydrogen) atoms. The number of nitrogens with zero attached hydrogens (tertiary/aromatic N) is 6. The monoisotopic (exact) mass is 427 g/mol. The van der Waals surface area contributed by atoms with Crippen molar-refractivity contribution < 1.29 is 13.2 Å². The number of halogens is 2. The molecule has 4 aromatic rings. The van der Waals surface area contributed by atoms with E-state index in [0.717, 1.165) is 49.1 Å². The summed E-state index contributed by atoms with van der Waals surface area (Å²) in [6, 6.07) is 5.18. The Bertz CT molecular complexity index is 1150. The molecular formula is C21H23F2N7O. The summed E-state index contributed by atoms with van der Waals surface area (Å²) in [7, 11) is 0. The first-order valence-corrected chi connectivity index (χ1v) is 10.5. The van der Waals surface area contributed by atoms with E-state index in [1.54, 1.807) is 24.7 Å². The van der Waals surface area contributed by atoms with Gasteiger partial charge in [0.25, 0.3) is 6.43 Å². The van der Waals surface area contributed by atoms with Crippen LogP contribution in [-0.2, 0) is 19.4 Å². The van der Waals surface area contributed by atoms with Crippen LogP contribution >= 0.6 is 0 Å². The molecule has 1 N–H and O–H groups in total. The van der Waals surface area contributed by atoms with Gasteiger partial charge in [0.1, 0.15) is 0 Å². The molecular weight excluding hydrogens is 404 g/mol. The van der Waals surface area contributed by atoms with E-state index < -0.39 is 6.43 Å². The Morgan fingerprint density at radius 1 is 1.23 bits per heavy atom. The molecule has 0 atom stereocenters. The van der Waals surface area contributed by atoms with Gasteiger partial charge >= 0.3 is 6.01 Å². The van der Waals surface area contributed by atoms with Gasteiger partial charge in [-0.2, -0.15) is 5.10 Å². The lowest BCUT2D eigenvalue weighted by Gasteiger charge is -2.24. The Morgan fingerprint density at radius 2 is 2.13 bits per heavy atom. The van der Waals surface area contributed by atoms with Crippen LogP contribution in [0.5, 0.6) is 0 Å². The SMILES string of the molecule is FC(F)c1cccn2nccc12.c1nc2c([nH]1)CN(c1nnc(CC3CCC3)o1)CC2. The molecule has 0 unspecified atom stereocenters. The van der Waals surface area contributed by atoms with Crippen molar-refractivity contribution in [2.45, 2.75) is 45.1 Å². The van der Waals surface area contributed by atoms with Gasteiger partial charge in [-0.25, -0.2) is 18.3 Å². The predicted octanol–water partition coefficient (Wildman–Crippen LogP) is 3.97. The molecule has 0 bridgehead atoms. The average Bonchev–Trinajstić information content (AvgIpc) is 3.50. The lowest BCUT2D eigenvalue weighted by atomic mass is 9.83. The number of alkyl halides is 2. The van der Waals surface area contributed by atoms with Crippen molar-refractivity contribution in [1.82, 2.24) is 29.8 Å². The normalized spacial score (nSPS) is 16.2. The van der Waals surface area contributed by atoms with Crippen molar-refractivity contribution in [1.29, 1.82) is 0 Å². The maximum absolute atomic E-state index is 12.3. The molecule has 1 aliphatic heterocycles. The standard InChI is InChI=1S/C13H17N5O.C8H6F2N2/c1-2-9(3-1)6-12-16-17-13(19-12)18-5-4-10-11(7-18)15-8-14-10;9-8(10)6-2-1-5-12-7(6)3-4-11-12/h8-9H,1-7H2,(H,14,15);1-5,8H. The average molecular weight is 427 g/mol. The van der Waals surface area contributed by atoms with Crippen LogP contribution in [0.15, 0.2) is 41.3 Å². The number of aromatic amines is 1. The first kappa shape index (κ1) is 19.7. The first-order chi connectivity index (χ1) is 15.2. The predicted molar refractivity (Wildman–Crippen MR) is 109 cm³/mol. The van der Waals surface area contributed by atoms with E-state index in [0.29, 0.717) is 11.5 Å². The van der Waals surface area contributed by atoms with Crippen LogP contribution in [0, 0.1) is 5.92 Å². The quantitative estimate of drug-likeness (QED) is 0.530. The Morgan fingerprint density at radius 3 is 2.94 bits per heavy atom. The van der Waals surface area contributed by atoms with Crippen molar-refractivity contribution in [2.75, 3.05) is 11.4 Å².